The Hall–Kier alpha value is -1.44. The molecule has 0 aliphatic heterocycles. The van der Waals surface area contributed by atoms with Gasteiger partial charge in [-0.25, -0.2) is 0 Å². The quantitative estimate of drug-likeness (QED) is 0.345. The molecule has 7 heteroatoms. The lowest BCUT2D eigenvalue weighted by molar-refractivity contribution is -0.243. The fraction of sp³-hybridized carbons (Fsp3) is 0.867. The third-order valence-corrected chi connectivity index (χ3v) is 13.6. The second kappa shape index (κ2) is 7.82. The summed E-state index contributed by atoms with van der Waals surface area (Å²) in [6, 6.07) is 0. The molecule has 208 valence electrons. The summed E-state index contributed by atoms with van der Waals surface area (Å²) >= 11 is 0. The van der Waals surface area contributed by atoms with Crippen molar-refractivity contribution in [3.05, 3.63) is 11.6 Å². The Morgan fingerprint density at radius 1 is 0.892 bits per heavy atom. The summed E-state index contributed by atoms with van der Waals surface area (Å²) in [5.41, 5.74) is -3.59. The van der Waals surface area contributed by atoms with E-state index in [1.165, 1.54) is 0 Å². The molecule has 5 aliphatic rings. The Morgan fingerprint density at radius 3 is 2.14 bits per heavy atom. The molecular formula is C30H46O7. The summed E-state index contributed by atoms with van der Waals surface area (Å²) in [5, 5.41) is 54.5. The molecule has 0 aromatic carbocycles. The topological polar surface area (TPSA) is 135 Å². The Labute approximate surface area is 220 Å². The molecule has 0 spiro atoms. The van der Waals surface area contributed by atoms with Crippen molar-refractivity contribution < 1.29 is 35.1 Å². The number of carbonyl (C=O) groups is 2. The van der Waals surface area contributed by atoms with E-state index in [1.54, 1.807) is 6.92 Å². The van der Waals surface area contributed by atoms with Crippen LogP contribution in [-0.4, -0.2) is 55.3 Å². The van der Waals surface area contributed by atoms with Gasteiger partial charge in [0.1, 0.15) is 0 Å². The molecule has 7 nitrogen and oxygen atoms in total. The predicted octanol–water partition coefficient (Wildman–Crippen LogP) is 4.24. The monoisotopic (exact) mass is 518 g/mol. The van der Waals surface area contributed by atoms with Crippen molar-refractivity contribution in [2.75, 3.05) is 0 Å². The third kappa shape index (κ3) is 3.00. The van der Waals surface area contributed by atoms with Gasteiger partial charge in [0.25, 0.3) is 0 Å². The number of allylic oxidation sites excluding steroid dienone is 1. The molecule has 0 unspecified atom stereocenters. The van der Waals surface area contributed by atoms with Crippen molar-refractivity contribution in [2.24, 2.45) is 50.7 Å². The smallest absolute Gasteiger partial charge is 0.312 e. The van der Waals surface area contributed by atoms with Crippen LogP contribution in [0.2, 0.25) is 0 Å². The maximum Gasteiger partial charge on any atom is 0.312 e. The zero-order chi connectivity index (χ0) is 27.6. The van der Waals surface area contributed by atoms with Crippen LogP contribution in [0.5, 0.6) is 0 Å². The van der Waals surface area contributed by atoms with Crippen molar-refractivity contribution in [1.82, 2.24) is 0 Å². The molecule has 12 atom stereocenters. The summed E-state index contributed by atoms with van der Waals surface area (Å²) in [5.74, 6) is -2.57. The van der Waals surface area contributed by atoms with E-state index >= 15 is 0 Å². The van der Waals surface area contributed by atoms with E-state index in [1.807, 2.05) is 13.8 Å². The fourth-order valence-corrected chi connectivity index (χ4v) is 10.9. The second-order valence-corrected chi connectivity index (χ2v) is 14.7. The average Bonchev–Trinajstić information content (AvgIpc) is 2.80. The first-order chi connectivity index (χ1) is 16.9. The van der Waals surface area contributed by atoms with Crippen molar-refractivity contribution in [2.45, 2.75) is 111 Å². The standard InChI is InChI=1S/C30H46O7/c1-16-9-12-30(24(35)36)14-13-26(3)17(21(30)29(16,6)37)7-8-19-25(2)15-18(31)22(32)28(5,23(33)34)20(25)10-11-27(19,26)4/h7,16,18-22,31-32,37H,8-15H2,1-6H3,(H,33,34)(H,35,36)/t16-,18-,19-,20-,21-,22+,25-,26-,27-,28+,29-,30+/m1/s1. The van der Waals surface area contributed by atoms with Crippen LogP contribution >= 0.6 is 0 Å². The summed E-state index contributed by atoms with van der Waals surface area (Å²) in [4.78, 5) is 25.4. The van der Waals surface area contributed by atoms with Crippen molar-refractivity contribution >= 4 is 11.9 Å². The van der Waals surface area contributed by atoms with E-state index in [-0.39, 0.29) is 28.6 Å². The Bertz CT molecular complexity index is 1050. The SMILES string of the molecule is C[C@@H]1CC[C@]2(C(=O)O)CC[C@]3(C)C(=CC[C@@H]4[C@@]5(C)C[C@@H](O)[C@H](O)[C@@](C)(C(=O)O)[C@@H]5CC[C@]43C)[C@@H]2[C@]1(C)O. The molecule has 0 radical (unpaired) electrons. The molecule has 5 N–H and O–H groups in total. The van der Waals surface area contributed by atoms with Gasteiger partial charge in [-0.1, -0.05) is 39.3 Å². The summed E-state index contributed by atoms with van der Waals surface area (Å²) in [7, 11) is 0. The van der Waals surface area contributed by atoms with Crippen LogP contribution in [0.25, 0.3) is 0 Å². The van der Waals surface area contributed by atoms with Crippen LogP contribution in [0.1, 0.15) is 92.9 Å². The van der Waals surface area contributed by atoms with E-state index < -0.39 is 51.9 Å². The number of carboxylic acid groups (broad SMARTS) is 2. The van der Waals surface area contributed by atoms with Crippen LogP contribution in [0.15, 0.2) is 11.6 Å². The highest BCUT2D eigenvalue weighted by Gasteiger charge is 2.73. The molecule has 4 saturated carbocycles. The van der Waals surface area contributed by atoms with Crippen molar-refractivity contribution in [3.8, 4) is 0 Å². The van der Waals surface area contributed by atoms with Gasteiger partial charge in [-0.2, -0.15) is 0 Å². The molecule has 0 heterocycles. The molecular weight excluding hydrogens is 472 g/mol. The largest absolute Gasteiger partial charge is 0.481 e. The normalized spacial score (nSPS) is 57.2. The zero-order valence-electron chi connectivity index (χ0n) is 23.3. The van der Waals surface area contributed by atoms with Gasteiger partial charge >= 0.3 is 11.9 Å². The average molecular weight is 519 g/mol. The van der Waals surface area contributed by atoms with Gasteiger partial charge in [0.15, 0.2) is 0 Å². The summed E-state index contributed by atoms with van der Waals surface area (Å²) in [6.07, 6.45) is 4.64. The van der Waals surface area contributed by atoms with E-state index in [0.29, 0.717) is 44.9 Å². The minimum absolute atomic E-state index is 0.0155. The number of aliphatic hydroxyl groups excluding tert-OH is 2. The van der Waals surface area contributed by atoms with Gasteiger partial charge in [0.05, 0.1) is 28.6 Å². The Morgan fingerprint density at radius 2 is 1.54 bits per heavy atom. The molecule has 0 amide bonds. The lowest BCUT2D eigenvalue weighted by Gasteiger charge is -2.71. The number of hydrogen-bond acceptors (Lipinski definition) is 5. The first-order valence-corrected chi connectivity index (χ1v) is 14.2. The predicted molar refractivity (Wildman–Crippen MR) is 137 cm³/mol. The molecule has 5 rings (SSSR count). The maximum atomic E-state index is 12.8. The van der Waals surface area contributed by atoms with Crippen LogP contribution < -0.4 is 0 Å². The number of rotatable bonds is 2. The van der Waals surface area contributed by atoms with Crippen LogP contribution in [-0.2, 0) is 9.59 Å². The summed E-state index contributed by atoms with van der Waals surface area (Å²) in [6.45, 7) is 12.1. The second-order valence-electron chi connectivity index (χ2n) is 14.7. The highest BCUT2D eigenvalue weighted by molar-refractivity contribution is 5.77. The molecule has 0 bridgehead atoms. The fourth-order valence-electron chi connectivity index (χ4n) is 10.9. The van der Waals surface area contributed by atoms with Crippen molar-refractivity contribution in [3.63, 3.8) is 0 Å². The summed E-state index contributed by atoms with van der Waals surface area (Å²) < 4.78 is 0. The lowest BCUT2D eigenvalue weighted by Crippen LogP contribution is -2.70. The van der Waals surface area contributed by atoms with E-state index in [4.69, 9.17) is 0 Å². The van der Waals surface area contributed by atoms with Gasteiger partial charge in [-0.15, -0.1) is 0 Å². The van der Waals surface area contributed by atoms with Gasteiger partial charge in [-0.3, -0.25) is 9.59 Å². The highest BCUT2D eigenvalue weighted by Crippen LogP contribution is 2.76. The maximum absolute atomic E-state index is 12.8. The third-order valence-electron chi connectivity index (χ3n) is 13.6. The number of aliphatic carboxylic acids is 2. The Balaban J connectivity index is 1.66. The lowest BCUT2D eigenvalue weighted by atomic mass is 9.33. The number of carboxylic acids is 2. The Kier molecular flexibility index (Phi) is 5.73. The number of aliphatic hydroxyl groups is 3. The first-order valence-electron chi connectivity index (χ1n) is 14.2. The minimum atomic E-state index is -1.44. The van der Waals surface area contributed by atoms with Gasteiger partial charge < -0.3 is 25.5 Å². The molecule has 0 saturated heterocycles. The molecule has 5 aliphatic carbocycles. The zero-order valence-corrected chi connectivity index (χ0v) is 23.3. The van der Waals surface area contributed by atoms with Crippen LogP contribution in [0.4, 0.5) is 0 Å². The van der Waals surface area contributed by atoms with Crippen LogP contribution in [0.3, 0.4) is 0 Å². The first kappa shape index (κ1) is 27.1. The van der Waals surface area contributed by atoms with E-state index in [2.05, 4.69) is 26.8 Å². The van der Waals surface area contributed by atoms with Gasteiger partial charge in [0.2, 0.25) is 0 Å². The van der Waals surface area contributed by atoms with Crippen LogP contribution in [0, 0.1) is 50.7 Å². The van der Waals surface area contributed by atoms with Gasteiger partial charge in [-0.05, 0) is 99.2 Å². The van der Waals surface area contributed by atoms with Gasteiger partial charge in [0, 0.05) is 5.92 Å². The molecule has 0 aromatic heterocycles. The molecule has 37 heavy (non-hydrogen) atoms. The minimum Gasteiger partial charge on any atom is -0.481 e. The molecule has 0 aromatic rings. The number of fused-ring (bicyclic) bond motifs is 7. The van der Waals surface area contributed by atoms with E-state index in [0.717, 1.165) is 12.0 Å². The van der Waals surface area contributed by atoms with Crippen molar-refractivity contribution in [1.29, 1.82) is 0 Å². The molecule has 4 fully saturated rings. The number of hydrogen-bond donors (Lipinski definition) is 5. The van der Waals surface area contributed by atoms with E-state index in [9.17, 15) is 35.1 Å². The highest BCUT2D eigenvalue weighted by atomic mass is 16.4.